The zero-order valence-corrected chi connectivity index (χ0v) is 13.4. The van der Waals surface area contributed by atoms with Gasteiger partial charge in [0.2, 0.25) is 20.0 Å². The summed E-state index contributed by atoms with van der Waals surface area (Å²) in [5.41, 5.74) is 4.92. The van der Waals surface area contributed by atoms with Crippen LogP contribution in [0.2, 0.25) is 5.02 Å². The van der Waals surface area contributed by atoms with Crippen LogP contribution in [0.5, 0.6) is 0 Å². The van der Waals surface area contributed by atoms with E-state index in [1.807, 2.05) is 0 Å². The molecule has 0 saturated carbocycles. The SMILES string of the molecule is CCNS(=O)(=O)CCNS(=O)(=O)c1cc(N)c(F)cc1Cl. The molecular weight excluding hydrogens is 345 g/mol. The van der Waals surface area contributed by atoms with Gasteiger partial charge in [0.1, 0.15) is 10.7 Å². The van der Waals surface area contributed by atoms with Crippen LogP contribution in [0.15, 0.2) is 17.0 Å². The topological polar surface area (TPSA) is 118 Å². The number of nitrogen functional groups attached to an aromatic ring is 1. The average molecular weight is 360 g/mol. The molecule has 0 spiro atoms. The predicted molar refractivity (Wildman–Crippen MR) is 78.5 cm³/mol. The Labute approximate surface area is 127 Å². The fourth-order valence-electron chi connectivity index (χ4n) is 1.43. The third-order valence-corrected chi connectivity index (χ3v) is 5.76. The molecule has 0 atom stereocenters. The van der Waals surface area contributed by atoms with E-state index in [0.717, 1.165) is 12.1 Å². The van der Waals surface area contributed by atoms with Crippen molar-refractivity contribution in [1.29, 1.82) is 0 Å². The fraction of sp³-hybridized carbons (Fsp3) is 0.400. The number of benzene rings is 1. The highest BCUT2D eigenvalue weighted by Crippen LogP contribution is 2.25. The van der Waals surface area contributed by atoms with Crippen LogP contribution < -0.4 is 15.2 Å². The van der Waals surface area contributed by atoms with Gasteiger partial charge in [-0.1, -0.05) is 18.5 Å². The van der Waals surface area contributed by atoms with Gasteiger partial charge in [-0.05, 0) is 12.1 Å². The number of hydrogen-bond acceptors (Lipinski definition) is 5. The number of nitrogens with two attached hydrogens (primary N) is 1. The van der Waals surface area contributed by atoms with Crippen molar-refractivity contribution in [3.05, 3.63) is 23.0 Å². The summed E-state index contributed by atoms with van der Waals surface area (Å²) in [5, 5.41) is -0.344. The van der Waals surface area contributed by atoms with Crippen LogP contribution in [0.3, 0.4) is 0 Å². The minimum Gasteiger partial charge on any atom is -0.396 e. The van der Waals surface area contributed by atoms with E-state index in [4.69, 9.17) is 17.3 Å². The minimum atomic E-state index is -4.09. The van der Waals surface area contributed by atoms with Gasteiger partial charge in [0.05, 0.1) is 16.5 Å². The molecule has 4 N–H and O–H groups in total. The van der Waals surface area contributed by atoms with E-state index >= 15 is 0 Å². The van der Waals surface area contributed by atoms with E-state index in [0.29, 0.717) is 0 Å². The molecule has 120 valence electrons. The van der Waals surface area contributed by atoms with Gasteiger partial charge in [-0.15, -0.1) is 0 Å². The smallest absolute Gasteiger partial charge is 0.242 e. The van der Waals surface area contributed by atoms with E-state index in [2.05, 4.69) is 9.44 Å². The first-order valence-corrected chi connectivity index (χ1v) is 9.32. The van der Waals surface area contributed by atoms with Crippen LogP contribution in [-0.4, -0.2) is 35.7 Å². The molecule has 0 bridgehead atoms. The first-order chi connectivity index (χ1) is 9.59. The zero-order chi connectivity index (χ0) is 16.3. The van der Waals surface area contributed by atoms with Crippen molar-refractivity contribution >= 4 is 37.3 Å². The number of halogens is 2. The molecule has 21 heavy (non-hydrogen) atoms. The Balaban J connectivity index is 2.86. The molecule has 0 aliphatic heterocycles. The lowest BCUT2D eigenvalue weighted by atomic mass is 10.3. The van der Waals surface area contributed by atoms with Gasteiger partial charge in [0.15, 0.2) is 0 Å². The van der Waals surface area contributed by atoms with Crippen molar-refractivity contribution in [2.75, 3.05) is 24.6 Å². The van der Waals surface area contributed by atoms with E-state index in [9.17, 15) is 21.2 Å². The standard InChI is InChI=1S/C10H15ClFN3O4S2/c1-2-14-20(16,17)4-3-15-21(18,19)10-6-9(13)8(12)5-7(10)11/h5-6,14-15H,2-4,13H2,1H3. The lowest BCUT2D eigenvalue weighted by molar-refractivity contribution is 0.576. The normalized spacial score (nSPS) is 12.5. The lowest BCUT2D eigenvalue weighted by Gasteiger charge is -2.10. The van der Waals surface area contributed by atoms with Crippen molar-refractivity contribution < 1.29 is 21.2 Å². The molecule has 0 aliphatic rings. The second-order valence-electron chi connectivity index (χ2n) is 4.02. The van der Waals surface area contributed by atoms with E-state index in [-0.39, 0.29) is 23.8 Å². The second-order valence-corrected chi connectivity index (χ2v) is 8.09. The number of rotatable bonds is 7. The zero-order valence-electron chi connectivity index (χ0n) is 11.1. The summed E-state index contributed by atoms with van der Waals surface area (Å²) in [4.78, 5) is -0.413. The van der Waals surface area contributed by atoms with Gasteiger partial charge in [-0.25, -0.2) is 30.7 Å². The van der Waals surface area contributed by atoms with Crippen molar-refractivity contribution in [1.82, 2.24) is 9.44 Å². The molecule has 0 radical (unpaired) electrons. The Morgan fingerprint density at radius 3 is 2.43 bits per heavy atom. The first kappa shape index (κ1) is 18.1. The highest BCUT2D eigenvalue weighted by atomic mass is 35.5. The highest BCUT2D eigenvalue weighted by Gasteiger charge is 2.20. The van der Waals surface area contributed by atoms with E-state index in [1.165, 1.54) is 0 Å². The van der Waals surface area contributed by atoms with Crippen LogP contribution in [0.1, 0.15) is 6.92 Å². The summed E-state index contributed by atoms with van der Waals surface area (Å²) in [6.07, 6.45) is 0. The van der Waals surface area contributed by atoms with Gasteiger partial charge < -0.3 is 5.73 Å². The molecule has 0 heterocycles. The lowest BCUT2D eigenvalue weighted by Crippen LogP contribution is -2.34. The number of hydrogen-bond donors (Lipinski definition) is 3. The summed E-state index contributed by atoms with van der Waals surface area (Å²) in [6, 6.07) is 1.65. The van der Waals surface area contributed by atoms with Crippen molar-refractivity contribution in [3.63, 3.8) is 0 Å². The predicted octanol–water partition coefficient (Wildman–Crippen LogP) is 0.279. The molecule has 1 rings (SSSR count). The highest BCUT2D eigenvalue weighted by molar-refractivity contribution is 7.90. The average Bonchev–Trinajstić information content (AvgIpc) is 2.32. The van der Waals surface area contributed by atoms with Crippen molar-refractivity contribution in [2.45, 2.75) is 11.8 Å². The summed E-state index contributed by atoms with van der Waals surface area (Å²) in [6.45, 7) is 1.45. The Morgan fingerprint density at radius 2 is 1.86 bits per heavy atom. The Bertz CT molecular complexity index is 722. The summed E-state index contributed by atoms with van der Waals surface area (Å²) in [7, 11) is -7.64. The quantitative estimate of drug-likeness (QED) is 0.604. The molecule has 0 unspecified atom stereocenters. The molecular formula is C10H15ClFN3O4S2. The number of sulfonamides is 2. The van der Waals surface area contributed by atoms with Crippen LogP contribution >= 0.6 is 11.6 Å². The van der Waals surface area contributed by atoms with Gasteiger partial charge in [-0.3, -0.25) is 0 Å². The molecule has 1 aromatic carbocycles. The molecule has 0 fully saturated rings. The van der Waals surface area contributed by atoms with Gasteiger partial charge in [0.25, 0.3) is 0 Å². The third kappa shape index (κ3) is 5.08. The van der Waals surface area contributed by atoms with E-state index in [1.54, 1.807) is 6.92 Å². The minimum absolute atomic E-state index is 0.204. The number of nitrogens with one attached hydrogen (secondary N) is 2. The van der Waals surface area contributed by atoms with E-state index < -0.39 is 36.5 Å². The second kappa shape index (κ2) is 6.88. The van der Waals surface area contributed by atoms with Gasteiger partial charge >= 0.3 is 0 Å². The van der Waals surface area contributed by atoms with Crippen LogP contribution in [0.25, 0.3) is 0 Å². The molecule has 11 heteroatoms. The van der Waals surface area contributed by atoms with Gasteiger partial charge in [0, 0.05) is 13.1 Å². The molecule has 7 nitrogen and oxygen atoms in total. The molecule has 0 aliphatic carbocycles. The summed E-state index contributed by atoms with van der Waals surface area (Å²) >= 11 is 5.66. The third-order valence-electron chi connectivity index (χ3n) is 2.37. The summed E-state index contributed by atoms with van der Waals surface area (Å²) < 4.78 is 64.1. The Kier molecular flexibility index (Phi) is 5.93. The maximum atomic E-state index is 13.1. The monoisotopic (exact) mass is 359 g/mol. The first-order valence-electron chi connectivity index (χ1n) is 5.80. The Hall–Kier alpha value is -0.940. The Morgan fingerprint density at radius 1 is 1.24 bits per heavy atom. The van der Waals surface area contributed by atoms with Crippen molar-refractivity contribution in [2.24, 2.45) is 0 Å². The van der Waals surface area contributed by atoms with Crippen LogP contribution in [0, 0.1) is 5.82 Å². The molecule has 1 aromatic rings. The maximum Gasteiger partial charge on any atom is 0.242 e. The fourth-order valence-corrected chi connectivity index (χ4v) is 4.09. The summed E-state index contributed by atoms with van der Waals surface area (Å²) in [5.74, 6) is -1.28. The number of anilines is 1. The van der Waals surface area contributed by atoms with Crippen molar-refractivity contribution in [3.8, 4) is 0 Å². The van der Waals surface area contributed by atoms with Crippen LogP contribution in [0.4, 0.5) is 10.1 Å². The van der Waals surface area contributed by atoms with Crippen LogP contribution in [-0.2, 0) is 20.0 Å². The molecule has 0 aromatic heterocycles. The van der Waals surface area contributed by atoms with Gasteiger partial charge in [-0.2, -0.15) is 0 Å². The maximum absolute atomic E-state index is 13.1. The molecule has 0 amide bonds. The largest absolute Gasteiger partial charge is 0.396 e. The molecule has 0 saturated heterocycles.